The Morgan fingerprint density at radius 1 is 0.538 bits per heavy atom. The largest absolute Gasteiger partial charge is 0.0528 e. The molecule has 0 heteroatoms. The Balaban J connectivity index is 1.71. The third-order valence-electron chi connectivity index (χ3n) is 5.89. The summed E-state index contributed by atoms with van der Waals surface area (Å²) in [6.45, 7) is 0. The van der Waals surface area contributed by atoms with E-state index in [0.717, 1.165) is 0 Å². The molecule has 0 N–H and O–H groups in total. The zero-order valence-electron chi connectivity index (χ0n) is 8.41. The molecule has 0 nitrogen and oxygen atoms in total. The van der Waals surface area contributed by atoms with Gasteiger partial charge in [-0.2, -0.15) is 0 Å². The molecule has 0 radical (unpaired) electrons. The Morgan fingerprint density at radius 2 is 1.15 bits per heavy atom. The molecule has 0 bridgehead atoms. The Hall–Kier alpha value is 0. The SMILES string of the molecule is C1CC2CCC3CC4CC(C1)C2C34. The van der Waals surface area contributed by atoms with Gasteiger partial charge in [-0.25, -0.2) is 0 Å². The minimum absolute atomic E-state index is 1.19. The first-order valence-electron chi connectivity index (χ1n) is 6.43. The van der Waals surface area contributed by atoms with Crippen molar-refractivity contribution >= 4 is 0 Å². The highest BCUT2D eigenvalue weighted by Crippen LogP contribution is 2.66. The van der Waals surface area contributed by atoms with Gasteiger partial charge in [-0.1, -0.05) is 19.3 Å². The van der Waals surface area contributed by atoms with Gasteiger partial charge in [0.25, 0.3) is 0 Å². The highest BCUT2D eigenvalue weighted by molar-refractivity contribution is 5.07. The van der Waals surface area contributed by atoms with Crippen LogP contribution in [0.25, 0.3) is 0 Å². The average molecular weight is 176 g/mol. The summed E-state index contributed by atoms with van der Waals surface area (Å²) in [6, 6.07) is 0. The van der Waals surface area contributed by atoms with E-state index in [1.165, 1.54) is 35.5 Å². The number of hydrogen-bond donors (Lipinski definition) is 0. The van der Waals surface area contributed by atoms with Gasteiger partial charge in [-0.15, -0.1) is 0 Å². The molecule has 0 aromatic heterocycles. The first-order valence-corrected chi connectivity index (χ1v) is 6.43. The monoisotopic (exact) mass is 176 g/mol. The first kappa shape index (κ1) is 7.31. The van der Waals surface area contributed by atoms with Gasteiger partial charge < -0.3 is 0 Å². The van der Waals surface area contributed by atoms with Crippen LogP contribution < -0.4 is 0 Å². The smallest absolute Gasteiger partial charge is 0.0323 e. The van der Waals surface area contributed by atoms with Gasteiger partial charge >= 0.3 is 0 Å². The fourth-order valence-corrected chi connectivity index (χ4v) is 5.55. The van der Waals surface area contributed by atoms with E-state index in [4.69, 9.17) is 0 Å². The lowest BCUT2D eigenvalue weighted by Gasteiger charge is -2.51. The van der Waals surface area contributed by atoms with Crippen LogP contribution in [0, 0.1) is 35.5 Å². The fraction of sp³-hybridized carbons (Fsp3) is 1.00. The summed E-state index contributed by atoms with van der Waals surface area (Å²) in [6.07, 6.45) is 11.2. The minimum atomic E-state index is 1.19. The van der Waals surface area contributed by atoms with Crippen molar-refractivity contribution in [1.29, 1.82) is 0 Å². The van der Waals surface area contributed by atoms with E-state index in [1.54, 1.807) is 44.9 Å². The van der Waals surface area contributed by atoms with Crippen LogP contribution in [-0.2, 0) is 0 Å². The lowest BCUT2D eigenvalue weighted by atomic mass is 9.54. The molecule has 4 fully saturated rings. The lowest BCUT2D eigenvalue weighted by Crippen LogP contribution is -2.44. The maximum absolute atomic E-state index is 1.64. The quantitative estimate of drug-likeness (QED) is 0.530. The van der Waals surface area contributed by atoms with Crippen LogP contribution in [0.3, 0.4) is 0 Å². The van der Waals surface area contributed by atoms with Crippen LogP contribution in [0.15, 0.2) is 0 Å². The minimum Gasteiger partial charge on any atom is -0.0528 e. The van der Waals surface area contributed by atoms with Crippen molar-refractivity contribution in [3.05, 3.63) is 0 Å². The predicted molar refractivity (Wildman–Crippen MR) is 53.3 cm³/mol. The Bertz CT molecular complexity index is 226. The maximum atomic E-state index is 1.64. The van der Waals surface area contributed by atoms with E-state index in [2.05, 4.69) is 0 Å². The molecule has 0 aliphatic heterocycles. The normalized spacial score (nSPS) is 62.8. The van der Waals surface area contributed by atoms with Crippen molar-refractivity contribution < 1.29 is 0 Å². The number of hydrogen-bond acceptors (Lipinski definition) is 0. The molecule has 72 valence electrons. The fourth-order valence-electron chi connectivity index (χ4n) is 5.55. The van der Waals surface area contributed by atoms with Gasteiger partial charge in [-0.3, -0.25) is 0 Å². The van der Waals surface area contributed by atoms with Crippen molar-refractivity contribution in [3.63, 3.8) is 0 Å². The van der Waals surface area contributed by atoms with Crippen LogP contribution in [0.5, 0.6) is 0 Å². The molecule has 0 spiro atoms. The second-order valence-electron chi connectivity index (χ2n) is 6.17. The van der Waals surface area contributed by atoms with E-state index in [1.807, 2.05) is 0 Å². The zero-order chi connectivity index (χ0) is 8.41. The summed E-state index contributed by atoms with van der Waals surface area (Å²) < 4.78 is 0. The van der Waals surface area contributed by atoms with Gasteiger partial charge in [0.1, 0.15) is 0 Å². The second kappa shape index (κ2) is 2.32. The molecule has 13 heavy (non-hydrogen) atoms. The van der Waals surface area contributed by atoms with Crippen molar-refractivity contribution in [2.24, 2.45) is 35.5 Å². The van der Waals surface area contributed by atoms with Gasteiger partial charge in [-0.05, 0) is 61.2 Å². The molecule has 4 rings (SSSR count). The summed E-state index contributed by atoms with van der Waals surface area (Å²) in [5.74, 6) is 7.26. The van der Waals surface area contributed by atoms with E-state index in [0.29, 0.717) is 0 Å². The van der Waals surface area contributed by atoms with Crippen LogP contribution in [-0.4, -0.2) is 0 Å². The van der Waals surface area contributed by atoms with Crippen molar-refractivity contribution in [2.75, 3.05) is 0 Å². The highest BCUT2D eigenvalue weighted by Gasteiger charge is 2.58. The maximum Gasteiger partial charge on any atom is -0.0323 e. The molecule has 4 aliphatic carbocycles. The first-order chi connectivity index (χ1) is 6.43. The van der Waals surface area contributed by atoms with Crippen LogP contribution in [0.4, 0.5) is 0 Å². The summed E-state index contributed by atoms with van der Waals surface area (Å²) in [4.78, 5) is 0. The van der Waals surface area contributed by atoms with E-state index < -0.39 is 0 Å². The van der Waals surface area contributed by atoms with Crippen molar-refractivity contribution in [1.82, 2.24) is 0 Å². The third kappa shape index (κ3) is 0.789. The van der Waals surface area contributed by atoms with Crippen molar-refractivity contribution in [3.8, 4) is 0 Å². The van der Waals surface area contributed by atoms with Crippen LogP contribution in [0.2, 0.25) is 0 Å². The third-order valence-corrected chi connectivity index (χ3v) is 5.89. The molecule has 0 saturated heterocycles. The highest BCUT2D eigenvalue weighted by atomic mass is 14.6. The Morgan fingerprint density at radius 3 is 2.08 bits per heavy atom. The molecule has 0 aromatic carbocycles. The van der Waals surface area contributed by atoms with E-state index in [9.17, 15) is 0 Å². The summed E-state index contributed by atoms with van der Waals surface area (Å²) in [7, 11) is 0. The standard InChI is InChI=1S/C13H20/c1-2-8-4-5-10-7-11-6-9(3-1)12(8)13(10)11/h8-13H,1-7H2. The Kier molecular flexibility index (Phi) is 1.31. The summed E-state index contributed by atoms with van der Waals surface area (Å²) >= 11 is 0. The Labute approximate surface area is 81.1 Å². The van der Waals surface area contributed by atoms with Gasteiger partial charge in [0.2, 0.25) is 0 Å². The lowest BCUT2D eigenvalue weighted by molar-refractivity contribution is -0.0239. The molecule has 0 heterocycles. The summed E-state index contributed by atoms with van der Waals surface area (Å²) in [5, 5.41) is 0. The molecule has 6 atom stereocenters. The molecular formula is C13H20. The molecule has 0 aromatic rings. The van der Waals surface area contributed by atoms with Gasteiger partial charge in [0, 0.05) is 0 Å². The second-order valence-corrected chi connectivity index (χ2v) is 6.17. The van der Waals surface area contributed by atoms with Crippen molar-refractivity contribution in [2.45, 2.75) is 44.9 Å². The van der Waals surface area contributed by atoms with Crippen LogP contribution >= 0.6 is 0 Å². The molecular weight excluding hydrogens is 156 g/mol. The molecule has 4 saturated carbocycles. The van der Waals surface area contributed by atoms with Crippen LogP contribution in [0.1, 0.15) is 44.9 Å². The van der Waals surface area contributed by atoms with Gasteiger partial charge in [0.05, 0.1) is 0 Å². The average Bonchev–Trinajstić information content (AvgIpc) is 2.44. The zero-order valence-corrected chi connectivity index (χ0v) is 8.41. The molecule has 0 amide bonds. The van der Waals surface area contributed by atoms with E-state index >= 15 is 0 Å². The predicted octanol–water partition coefficient (Wildman–Crippen LogP) is 3.47. The topological polar surface area (TPSA) is 0 Å². The van der Waals surface area contributed by atoms with Gasteiger partial charge in [0.15, 0.2) is 0 Å². The molecule has 4 aliphatic rings. The number of rotatable bonds is 0. The summed E-state index contributed by atoms with van der Waals surface area (Å²) in [5.41, 5.74) is 0. The molecule has 6 unspecified atom stereocenters. The van der Waals surface area contributed by atoms with E-state index in [-0.39, 0.29) is 0 Å².